The molecular weight excluding hydrogens is 624 g/mol. The lowest BCUT2D eigenvalue weighted by Crippen LogP contribution is -2.50. The molecular formula is C34H46N4O8S. The first-order chi connectivity index (χ1) is 22.4. The Morgan fingerprint density at radius 1 is 0.979 bits per heavy atom. The summed E-state index contributed by atoms with van der Waals surface area (Å²) in [5.41, 5.74) is 2.18. The number of sulfonamides is 1. The first kappa shape index (κ1) is 34.7. The van der Waals surface area contributed by atoms with Crippen LogP contribution in [0.5, 0.6) is 0 Å². The molecule has 1 amide bonds. The highest BCUT2D eigenvalue weighted by Gasteiger charge is 2.30. The fourth-order valence-corrected chi connectivity index (χ4v) is 7.30. The van der Waals surface area contributed by atoms with Crippen LogP contribution in [0.1, 0.15) is 49.4 Å². The van der Waals surface area contributed by atoms with Gasteiger partial charge in [0.05, 0.1) is 24.7 Å². The van der Waals surface area contributed by atoms with Crippen molar-refractivity contribution in [2.45, 2.75) is 51.7 Å². The van der Waals surface area contributed by atoms with Crippen LogP contribution < -0.4 is 4.90 Å². The maximum atomic E-state index is 14.4. The van der Waals surface area contributed by atoms with Gasteiger partial charge in [0.15, 0.2) is 0 Å². The summed E-state index contributed by atoms with van der Waals surface area (Å²) in [5, 5.41) is 0.547. The van der Waals surface area contributed by atoms with Gasteiger partial charge in [-0.15, -0.1) is 0 Å². The monoisotopic (exact) mass is 670 g/mol. The molecule has 2 saturated heterocycles. The first-order valence-corrected chi connectivity index (χ1v) is 17.6. The number of fused-ring (bicyclic) bond motifs is 1. The smallest absolute Gasteiger partial charge is 0.410 e. The number of carbonyl (C=O) groups excluding carboxylic acids is 2. The van der Waals surface area contributed by atoms with Gasteiger partial charge in [-0.2, -0.15) is 4.31 Å². The molecule has 0 N–H and O–H groups in total. The van der Waals surface area contributed by atoms with Crippen molar-refractivity contribution >= 4 is 38.7 Å². The highest BCUT2D eigenvalue weighted by atomic mass is 32.2. The molecule has 2 fully saturated rings. The van der Waals surface area contributed by atoms with Crippen LogP contribution in [-0.4, -0.2) is 112 Å². The van der Waals surface area contributed by atoms with Crippen molar-refractivity contribution in [1.82, 2.24) is 14.1 Å². The van der Waals surface area contributed by atoms with Gasteiger partial charge in [0.1, 0.15) is 11.2 Å². The summed E-state index contributed by atoms with van der Waals surface area (Å²) in [7, 11) is -3.98. The van der Waals surface area contributed by atoms with Gasteiger partial charge in [0, 0.05) is 75.5 Å². The molecule has 5 rings (SSSR count). The Balaban J connectivity index is 1.41. The van der Waals surface area contributed by atoms with E-state index in [1.165, 1.54) is 10.4 Å². The molecule has 0 unspecified atom stereocenters. The number of furan rings is 1. The molecule has 256 valence electrons. The quantitative estimate of drug-likeness (QED) is 0.285. The first-order valence-electron chi connectivity index (χ1n) is 16.2. The van der Waals surface area contributed by atoms with Crippen LogP contribution in [0.25, 0.3) is 11.0 Å². The molecule has 2 aromatic carbocycles. The number of piperazine rings is 1. The average Bonchev–Trinajstić information content (AvgIpc) is 3.38. The molecule has 2 aliphatic rings. The summed E-state index contributed by atoms with van der Waals surface area (Å²) in [5.74, 6) is -0.512. The summed E-state index contributed by atoms with van der Waals surface area (Å²) in [4.78, 5) is 31.3. The number of nitrogens with zero attached hydrogens (tertiary/aromatic N) is 4. The molecule has 2 aliphatic heterocycles. The number of carbonyl (C=O) groups is 2. The average molecular weight is 671 g/mol. The third kappa shape index (κ3) is 8.26. The molecule has 0 aliphatic carbocycles. The number of anilines is 1. The van der Waals surface area contributed by atoms with Crippen molar-refractivity contribution < 1.29 is 36.6 Å². The number of hydrogen-bond acceptors (Lipinski definition) is 10. The minimum atomic E-state index is -3.98. The van der Waals surface area contributed by atoms with Crippen molar-refractivity contribution in [3.05, 3.63) is 59.4 Å². The fourth-order valence-electron chi connectivity index (χ4n) is 5.86. The van der Waals surface area contributed by atoms with Gasteiger partial charge >= 0.3 is 12.1 Å². The topological polar surface area (TPSA) is 122 Å². The Kier molecular flexibility index (Phi) is 10.8. The van der Waals surface area contributed by atoms with Crippen LogP contribution in [0.3, 0.4) is 0 Å². The third-order valence-corrected chi connectivity index (χ3v) is 10.2. The van der Waals surface area contributed by atoms with Gasteiger partial charge in [0.2, 0.25) is 15.8 Å². The Morgan fingerprint density at radius 3 is 2.36 bits per heavy atom. The number of rotatable bonds is 10. The number of ether oxygens (including phenoxy) is 3. The van der Waals surface area contributed by atoms with Gasteiger partial charge in [-0.3, -0.25) is 4.90 Å². The second kappa shape index (κ2) is 14.6. The summed E-state index contributed by atoms with van der Waals surface area (Å²) >= 11 is 0. The highest BCUT2D eigenvalue weighted by Crippen LogP contribution is 2.31. The van der Waals surface area contributed by atoms with Crippen LogP contribution >= 0.6 is 0 Å². The van der Waals surface area contributed by atoms with Gasteiger partial charge < -0.3 is 28.4 Å². The van der Waals surface area contributed by atoms with Gasteiger partial charge in [0.25, 0.3) is 0 Å². The van der Waals surface area contributed by atoms with E-state index in [-0.39, 0.29) is 36.4 Å². The SMILES string of the molecule is CCOC(=O)c1oc2ccc(S(=O)(=O)N(CCN3CCOCC3)Cc3ccccc3N3CCN(C(=O)OC(C)(C)C)CC3)cc2c1C. The molecule has 3 aromatic rings. The van der Waals surface area contributed by atoms with E-state index in [1.807, 2.05) is 45.0 Å². The molecule has 1 aromatic heterocycles. The summed E-state index contributed by atoms with van der Waals surface area (Å²) in [6.07, 6.45) is -0.329. The minimum Gasteiger partial charge on any atom is -0.460 e. The molecule has 0 bridgehead atoms. The Morgan fingerprint density at radius 2 is 1.68 bits per heavy atom. The van der Waals surface area contributed by atoms with Crippen molar-refractivity contribution in [2.24, 2.45) is 0 Å². The van der Waals surface area contributed by atoms with Crippen LogP contribution in [0.2, 0.25) is 0 Å². The van der Waals surface area contributed by atoms with E-state index in [4.69, 9.17) is 18.6 Å². The maximum absolute atomic E-state index is 14.4. The Bertz CT molecular complexity index is 1670. The largest absolute Gasteiger partial charge is 0.460 e. The lowest BCUT2D eigenvalue weighted by atomic mass is 10.1. The van der Waals surface area contributed by atoms with Gasteiger partial charge in [-0.25, -0.2) is 18.0 Å². The van der Waals surface area contributed by atoms with E-state index in [1.54, 1.807) is 30.9 Å². The molecule has 12 nitrogen and oxygen atoms in total. The summed E-state index contributed by atoms with van der Waals surface area (Å²) in [6.45, 7) is 15.1. The Labute approximate surface area is 277 Å². The number of amides is 1. The van der Waals surface area contributed by atoms with Crippen LogP contribution in [0, 0.1) is 6.92 Å². The van der Waals surface area contributed by atoms with E-state index in [0.29, 0.717) is 62.5 Å². The molecule has 13 heteroatoms. The van der Waals surface area contributed by atoms with Crippen molar-refractivity contribution in [1.29, 1.82) is 0 Å². The van der Waals surface area contributed by atoms with Crippen molar-refractivity contribution in [2.75, 3.05) is 77.1 Å². The fraction of sp³-hybridized carbons (Fsp3) is 0.529. The zero-order valence-electron chi connectivity index (χ0n) is 28.0. The number of para-hydroxylation sites is 1. The molecule has 0 radical (unpaired) electrons. The third-order valence-electron chi connectivity index (χ3n) is 8.39. The maximum Gasteiger partial charge on any atom is 0.410 e. The molecule has 0 saturated carbocycles. The van der Waals surface area contributed by atoms with Gasteiger partial charge in [-0.1, -0.05) is 18.2 Å². The van der Waals surface area contributed by atoms with Gasteiger partial charge in [-0.05, 0) is 64.4 Å². The van der Waals surface area contributed by atoms with E-state index < -0.39 is 21.6 Å². The zero-order chi connectivity index (χ0) is 33.8. The molecule has 0 atom stereocenters. The standard InChI is InChI=1S/C34H46N4O8S/c1-6-44-32(39)31-25(2)28-23-27(11-12-30(28)45-31)47(41,42)38(18-13-35-19-21-43-22-20-35)24-26-9-7-8-10-29(26)36-14-16-37(17-15-36)33(40)46-34(3,4)5/h7-12,23H,6,13-22,24H2,1-5H3. The predicted molar refractivity (Wildman–Crippen MR) is 178 cm³/mol. The lowest BCUT2D eigenvalue weighted by molar-refractivity contribution is 0.0240. The molecule has 3 heterocycles. The second-order valence-electron chi connectivity index (χ2n) is 12.8. The van der Waals surface area contributed by atoms with Crippen LogP contribution in [0.4, 0.5) is 10.5 Å². The lowest BCUT2D eigenvalue weighted by Gasteiger charge is -2.38. The summed E-state index contributed by atoms with van der Waals surface area (Å²) in [6, 6.07) is 12.5. The second-order valence-corrected chi connectivity index (χ2v) is 14.7. The number of aryl methyl sites for hydroxylation is 1. The summed E-state index contributed by atoms with van der Waals surface area (Å²) < 4.78 is 52.3. The van der Waals surface area contributed by atoms with E-state index in [9.17, 15) is 18.0 Å². The van der Waals surface area contributed by atoms with Crippen molar-refractivity contribution in [3.63, 3.8) is 0 Å². The number of esters is 1. The van der Waals surface area contributed by atoms with Crippen LogP contribution in [-0.2, 0) is 30.8 Å². The number of hydrogen-bond donors (Lipinski definition) is 0. The molecule has 47 heavy (non-hydrogen) atoms. The van der Waals surface area contributed by atoms with Crippen LogP contribution in [0.15, 0.2) is 51.8 Å². The van der Waals surface area contributed by atoms with E-state index in [0.717, 1.165) is 24.3 Å². The van der Waals surface area contributed by atoms with E-state index >= 15 is 0 Å². The highest BCUT2D eigenvalue weighted by molar-refractivity contribution is 7.89. The normalized spacial score (nSPS) is 16.6. The van der Waals surface area contributed by atoms with Crippen molar-refractivity contribution in [3.8, 4) is 0 Å². The Hall–Kier alpha value is -3.65. The predicted octanol–water partition coefficient (Wildman–Crippen LogP) is 4.50. The minimum absolute atomic E-state index is 0.0706. The van der Waals surface area contributed by atoms with E-state index in [2.05, 4.69) is 9.80 Å². The molecule has 0 spiro atoms. The zero-order valence-corrected chi connectivity index (χ0v) is 28.8. The number of benzene rings is 2. The number of morpholine rings is 1.